The Bertz CT molecular complexity index is 818. The molecule has 1 saturated heterocycles. The summed E-state index contributed by atoms with van der Waals surface area (Å²) in [6, 6.07) is 10.3. The highest BCUT2D eigenvalue weighted by atomic mass is 16.2. The molecule has 1 aromatic carbocycles. The number of aromatic nitrogens is 2. The summed E-state index contributed by atoms with van der Waals surface area (Å²) >= 11 is 0. The van der Waals surface area contributed by atoms with Gasteiger partial charge in [-0.25, -0.2) is 4.68 Å². The van der Waals surface area contributed by atoms with Gasteiger partial charge in [0.2, 0.25) is 5.91 Å². The third-order valence-corrected chi connectivity index (χ3v) is 5.51. The molecule has 1 aromatic heterocycles. The van der Waals surface area contributed by atoms with E-state index in [-0.39, 0.29) is 17.7 Å². The third kappa shape index (κ3) is 3.75. The van der Waals surface area contributed by atoms with Gasteiger partial charge in [-0.15, -0.1) is 0 Å². The Balaban J connectivity index is 1.44. The van der Waals surface area contributed by atoms with Crippen LogP contribution in [0.1, 0.15) is 48.7 Å². The maximum absolute atomic E-state index is 13.1. The average Bonchev–Trinajstić information content (AvgIpc) is 3.42. The van der Waals surface area contributed by atoms with Crippen molar-refractivity contribution in [1.29, 1.82) is 0 Å². The lowest BCUT2D eigenvalue weighted by atomic mass is 9.95. The van der Waals surface area contributed by atoms with Crippen LogP contribution in [0.15, 0.2) is 36.5 Å². The van der Waals surface area contributed by atoms with Crippen LogP contribution in [-0.4, -0.2) is 45.6 Å². The van der Waals surface area contributed by atoms with E-state index in [2.05, 4.69) is 10.4 Å². The maximum atomic E-state index is 13.1. The molecule has 0 spiro atoms. The maximum Gasteiger partial charge on any atom is 0.257 e. The second-order valence-electron chi connectivity index (χ2n) is 7.46. The Morgan fingerprint density at radius 2 is 1.81 bits per heavy atom. The number of rotatable bonds is 5. The van der Waals surface area contributed by atoms with Crippen molar-refractivity contribution in [2.24, 2.45) is 5.92 Å². The Kier molecular flexibility index (Phi) is 4.97. The number of likely N-dealkylation sites (tertiary alicyclic amines) is 1. The highest BCUT2D eigenvalue weighted by molar-refractivity contribution is 5.95. The van der Waals surface area contributed by atoms with E-state index in [0.717, 1.165) is 43.5 Å². The van der Waals surface area contributed by atoms with Crippen LogP contribution in [0.25, 0.3) is 5.69 Å². The van der Waals surface area contributed by atoms with Crippen LogP contribution >= 0.6 is 0 Å². The molecule has 0 atom stereocenters. The van der Waals surface area contributed by atoms with Crippen molar-refractivity contribution in [2.75, 3.05) is 13.1 Å². The lowest BCUT2D eigenvalue weighted by Gasteiger charge is -2.31. The summed E-state index contributed by atoms with van der Waals surface area (Å²) in [5, 5.41) is 7.54. The highest BCUT2D eigenvalue weighted by Gasteiger charge is 2.32. The normalized spacial score (nSPS) is 17.7. The van der Waals surface area contributed by atoms with Crippen LogP contribution in [0.4, 0.5) is 0 Å². The zero-order valence-electron chi connectivity index (χ0n) is 15.7. The lowest BCUT2D eigenvalue weighted by molar-refractivity contribution is -0.126. The van der Waals surface area contributed by atoms with Crippen LogP contribution in [-0.2, 0) is 11.2 Å². The van der Waals surface area contributed by atoms with Gasteiger partial charge >= 0.3 is 0 Å². The first kappa shape index (κ1) is 17.8. The molecule has 2 aromatic rings. The van der Waals surface area contributed by atoms with Gasteiger partial charge in [0.1, 0.15) is 0 Å². The third-order valence-electron chi connectivity index (χ3n) is 5.51. The van der Waals surface area contributed by atoms with E-state index in [1.165, 1.54) is 0 Å². The van der Waals surface area contributed by atoms with Gasteiger partial charge in [-0.05, 0) is 44.2 Å². The molecule has 27 heavy (non-hydrogen) atoms. The van der Waals surface area contributed by atoms with E-state index in [1.54, 1.807) is 6.20 Å². The Morgan fingerprint density at radius 1 is 1.11 bits per heavy atom. The van der Waals surface area contributed by atoms with Crippen molar-refractivity contribution in [1.82, 2.24) is 20.0 Å². The van der Waals surface area contributed by atoms with E-state index >= 15 is 0 Å². The van der Waals surface area contributed by atoms with Crippen LogP contribution in [0.2, 0.25) is 0 Å². The van der Waals surface area contributed by atoms with Gasteiger partial charge in [-0.1, -0.05) is 25.1 Å². The van der Waals surface area contributed by atoms with Gasteiger partial charge in [0, 0.05) is 25.0 Å². The predicted molar refractivity (Wildman–Crippen MR) is 103 cm³/mol. The van der Waals surface area contributed by atoms with E-state index in [1.807, 2.05) is 46.8 Å². The molecule has 0 radical (unpaired) electrons. The minimum Gasteiger partial charge on any atom is -0.353 e. The smallest absolute Gasteiger partial charge is 0.257 e. The van der Waals surface area contributed by atoms with Crippen LogP contribution in [0, 0.1) is 5.92 Å². The summed E-state index contributed by atoms with van der Waals surface area (Å²) in [4.78, 5) is 27.2. The number of piperidine rings is 1. The number of nitrogens with zero attached hydrogens (tertiary/aromatic N) is 3. The Hall–Kier alpha value is -2.63. The average molecular weight is 366 g/mol. The Morgan fingerprint density at radius 3 is 2.44 bits per heavy atom. The molecule has 2 heterocycles. The predicted octanol–water partition coefficient (Wildman–Crippen LogP) is 2.57. The van der Waals surface area contributed by atoms with E-state index in [9.17, 15) is 9.59 Å². The number of amides is 2. The first-order chi connectivity index (χ1) is 13.2. The fourth-order valence-corrected chi connectivity index (χ4v) is 3.75. The number of hydrogen-bond acceptors (Lipinski definition) is 3. The van der Waals surface area contributed by atoms with Gasteiger partial charge in [-0.3, -0.25) is 9.59 Å². The van der Waals surface area contributed by atoms with Crippen LogP contribution < -0.4 is 5.32 Å². The van der Waals surface area contributed by atoms with E-state index in [0.29, 0.717) is 24.7 Å². The lowest BCUT2D eigenvalue weighted by Crippen LogP contribution is -2.43. The zero-order valence-corrected chi connectivity index (χ0v) is 15.7. The molecule has 2 aliphatic rings. The van der Waals surface area contributed by atoms with Gasteiger partial charge in [0.15, 0.2) is 0 Å². The van der Waals surface area contributed by atoms with Crippen molar-refractivity contribution in [3.05, 3.63) is 47.8 Å². The number of hydrogen-bond donors (Lipinski definition) is 1. The van der Waals surface area contributed by atoms with Crippen molar-refractivity contribution in [2.45, 2.75) is 45.1 Å². The fourth-order valence-electron chi connectivity index (χ4n) is 3.75. The van der Waals surface area contributed by atoms with Crippen molar-refractivity contribution in [3.8, 4) is 5.69 Å². The van der Waals surface area contributed by atoms with Gasteiger partial charge in [0.05, 0.1) is 23.1 Å². The molecule has 1 saturated carbocycles. The van der Waals surface area contributed by atoms with Gasteiger partial charge in [0.25, 0.3) is 5.91 Å². The minimum atomic E-state index is 0.0232. The van der Waals surface area contributed by atoms with E-state index in [4.69, 9.17) is 0 Å². The second kappa shape index (κ2) is 7.55. The largest absolute Gasteiger partial charge is 0.353 e. The van der Waals surface area contributed by atoms with Gasteiger partial charge in [-0.2, -0.15) is 5.10 Å². The van der Waals surface area contributed by atoms with E-state index < -0.39 is 0 Å². The molecule has 4 rings (SSSR count). The molecule has 1 N–H and O–H groups in total. The summed E-state index contributed by atoms with van der Waals surface area (Å²) in [5.74, 6) is 0.221. The molecule has 2 fully saturated rings. The highest BCUT2D eigenvalue weighted by Crippen LogP contribution is 2.24. The number of carbonyl (C=O) groups is 2. The molecule has 1 aliphatic heterocycles. The summed E-state index contributed by atoms with van der Waals surface area (Å²) in [6.45, 7) is 3.30. The molecule has 142 valence electrons. The Labute approximate surface area is 159 Å². The van der Waals surface area contributed by atoms with Gasteiger partial charge < -0.3 is 10.2 Å². The van der Waals surface area contributed by atoms with Crippen molar-refractivity contribution in [3.63, 3.8) is 0 Å². The second-order valence-corrected chi connectivity index (χ2v) is 7.46. The van der Waals surface area contributed by atoms with Crippen molar-refractivity contribution < 1.29 is 9.59 Å². The van der Waals surface area contributed by atoms with Crippen molar-refractivity contribution >= 4 is 11.8 Å². The zero-order chi connectivity index (χ0) is 18.8. The fraction of sp³-hybridized carbons (Fsp3) is 0.476. The topological polar surface area (TPSA) is 67.2 Å². The first-order valence-electron chi connectivity index (χ1n) is 9.89. The monoisotopic (exact) mass is 366 g/mol. The molecular weight excluding hydrogens is 340 g/mol. The number of carbonyl (C=O) groups excluding carboxylic acids is 2. The molecule has 6 heteroatoms. The summed E-state index contributed by atoms with van der Waals surface area (Å²) in [5.41, 5.74) is 2.56. The molecular formula is C21H26N4O2. The molecule has 0 unspecified atom stereocenters. The number of para-hydroxylation sites is 1. The number of nitrogens with one attached hydrogen (secondary N) is 1. The molecule has 0 bridgehead atoms. The standard InChI is InChI=1S/C21H26N4O2/c1-2-19-18(14-22-25(19)17-6-4-3-5-7-17)21(27)24-12-10-15(11-13-24)20(26)23-16-8-9-16/h3-7,14-16H,2,8-13H2,1H3,(H,23,26). The first-order valence-corrected chi connectivity index (χ1v) is 9.89. The SMILES string of the molecule is CCc1c(C(=O)N2CCC(C(=O)NC3CC3)CC2)cnn1-c1ccccc1. The summed E-state index contributed by atoms with van der Waals surface area (Å²) in [6.07, 6.45) is 6.09. The van der Waals surface area contributed by atoms with Crippen LogP contribution in [0.3, 0.4) is 0 Å². The summed E-state index contributed by atoms with van der Waals surface area (Å²) < 4.78 is 1.85. The van der Waals surface area contributed by atoms with Crippen LogP contribution in [0.5, 0.6) is 0 Å². The molecule has 1 aliphatic carbocycles. The number of benzene rings is 1. The summed E-state index contributed by atoms with van der Waals surface area (Å²) in [7, 11) is 0. The molecule has 6 nitrogen and oxygen atoms in total. The quantitative estimate of drug-likeness (QED) is 0.884. The minimum absolute atomic E-state index is 0.0232. The molecule has 2 amide bonds.